The summed E-state index contributed by atoms with van der Waals surface area (Å²) in [7, 11) is 0. The smallest absolute Gasteiger partial charge is 0.344 e. The fourth-order valence-corrected chi connectivity index (χ4v) is 2.66. The molecule has 3 rings (SSSR count). The Morgan fingerprint density at radius 2 is 1.82 bits per heavy atom. The third kappa shape index (κ3) is 5.95. The highest BCUT2D eigenvalue weighted by Crippen LogP contribution is 2.19. The second kappa shape index (κ2) is 9.70. The summed E-state index contributed by atoms with van der Waals surface area (Å²) in [5.41, 5.74) is 1.66. The fourth-order valence-electron chi connectivity index (χ4n) is 2.66. The van der Waals surface area contributed by atoms with Crippen LogP contribution in [0.4, 0.5) is 15.8 Å². The molecule has 7 nitrogen and oxygen atoms in total. The van der Waals surface area contributed by atoms with Crippen molar-refractivity contribution in [3.63, 3.8) is 0 Å². The van der Waals surface area contributed by atoms with E-state index in [9.17, 15) is 14.0 Å². The summed E-state index contributed by atoms with van der Waals surface area (Å²) in [5, 5.41) is 2.66. The number of nitrogens with one attached hydrogen (secondary N) is 1. The zero-order valence-electron chi connectivity index (χ0n) is 15.2. The van der Waals surface area contributed by atoms with Gasteiger partial charge in [0.05, 0.1) is 13.2 Å². The van der Waals surface area contributed by atoms with E-state index in [1.807, 2.05) is 12.1 Å². The first-order valence-corrected chi connectivity index (χ1v) is 8.87. The van der Waals surface area contributed by atoms with Gasteiger partial charge in [-0.25, -0.2) is 9.18 Å². The fraction of sp³-hybridized carbons (Fsp3) is 0.300. The SMILES string of the molecule is O=C(COC(=O)COc1cccc(F)c1)Nc1ccc(N2CCOCC2)cc1. The topological polar surface area (TPSA) is 77.1 Å². The summed E-state index contributed by atoms with van der Waals surface area (Å²) >= 11 is 0. The van der Waals surface area contributed by atoms with E-state index < -0.39 is 30.9 Å². The Balaban J connectivity index is 1.39. The maximum absolute atomic E-state index is 13.0. The van der Waals surface area contributed by atoms with E-state index in [0.29, 0.717) is 18.9 Å². The number of hydrogen-bond acceptors (Lipinski definition) is 6. The quantitative estimate of drug-likeness (QED) is 0.733. The van der Waals surface area contributed by atoms with Gasteiger partial charge in [-0.2, -0.15) is 0 Å². The number of halogens is 1. The maximum Gasteiger partial charge on any atom is 0.344 e. The number of benzene rings is 2. The molecule has 1 heterocycles. The standard InChI is InChI=1S/C20H21FN2O5/c21-15-2-1-3-18(12-15)27-14-20(25)28-13-19(24)22-16-4-6-17(7-5-16)23-8-10-26-11-9-23/h1-7,12H,8-11,13-14H2,(H,22,24). The number of anilines is 2. The van der Waals surface area contributed by atoms with Crippen LogP contribution < -0.4 is 15.0 Å². The molecule has 0 aromatic heterocycles. The molecule has 148 valence electrons. The van der Waals surface area contributed by atoms with Crippen LogP contribution in [0.15, 0.2) is 48.5 Å². The van der Waals surface area contributed by atoms with Crippen LogP contribution in [0, 0.1) is 5.82 Å². The zero-order chi connectivity index (χ0) is 19.8. The normalized spacial score (nSPS) is 13.7. The molecular formula is C20H21FN2O5. The Morgan fingerprint density at radius 1 is 1.07 bits per heavy atom. The van der Waals surface area contributed by atoms with Crippen LogP contribution in [-0.2, 0) is 19.1 Å². The van der Waals surface area contributed by atoms with Crippen LogP contribution in [-0.4, -0.2) is 51.4 Å². The van der Waals surface area contributed by atoms with Gasteiger partial charge in [-0.1, -0.05) is 6.07 Å². The van der Waals surface area contributed by atoms with E-state index in [4.69, 9.17) is 14.2 Å². The number of ether oxygens (including phenoxy) is 3. The molecule has 0 unspecified atom stereocenters. The molecule has 1 N–H and O–H groups in total. The minimum absolute atomic E-state index is 0.210. The number of carbonyl (C=O) groups is 2. The van der Waals surface area contributed by atoms with Crippen molar-refractivity contribution in [1.82, 2.24) is 0 Å². The lowest BCUT2D eigenvalue weighted by molar-refractivity contribution is -0.149. The van der Waals surface area contributed by atoms with Crippen LogP contribution in [0.3, 0.4) is 0 Å². The van der Waals surface area contributed by atoms with Crippen molar-refractivity contribution in [2.45, 2.75) is 0 Å². The maximum atomic E-state index is 13.0. The molecule has 1 amide bonds. The van der Waals surface area contributed by atoms with Crippen LogP contribution in [0.2, 0.25) is 0 Å². The second-order valence-corrected chi connectivity index (χ2v) is 6.10. The number of amides is 1. The first-order chi connectivity index (χ1) is 13.6. The number of hydrogen-bond donors (Lipinski definition) is 1. The van der Waals surface area contributed by atoms with Gasteiger partial charge in [0.1, 0.15) is 11.6 Å². The van der Waals surface area contributed by atoms with E-state index in [0.717, 1.165) is 24.8 Å². The average molecular weight is 388 g/mol. The van der Waals surface area contributed by atoms with Crippen molar-refractivity contribution in [2.24, 2.45) is 0 Å². The van der Waals surface area contributed by atoms with E-state index >= 15 is 0 Å². The van der Waals surface area contributed by atoms with E-state index in [1.165, 1.54) is 18.2 Å². The molecule has 0 radical (unpaired) electrons. The minimum Gasteiger partial charge on any atom is -0.482 e. The van der Waals surface area contributed by atoms with E-state index in [1.54, 1.807) is 12.1 Å². The minimum atomic E-state index is -0.720. The third-order valence-electron chi connectivity index (χ3n) is 4.04. The third-order valence-corrected chi connectivity index (χ3v) is 4.04. The van der Waals surface area contributed by atoms with Crippen molar-refractivity contribution < 1.29 is 28.2 Å². The number of nitrogens with zero attached hydrogens (tertiary/aromatic N) is 1. The highest BCUT2D eigenvalue weighted by atomic mass is 19.1. The van der Waals surface area contributed by atoms with Crippen molar-refractivity contribution in [2.75, 3.05) is 49.7 Å². The van der Waals surface area contributed by atoms with Crippen molar-refractivity contribution in [3.05, 3.63) is 54.3 Å². The number of morpholine rings is 1. The first kappa shape index (κ1) is 19.6. The van der Waals surface area contributed by atoms with Gasteiger partial charge in [-0.3, -0.25) is 4.79 Å². The van der Waals surface area contributed by atoms with E-state index in [-0.39, 0.29) is 5.75 Å². The van der Waals surface area contributed by atoms with Gasteiger partial charge < -0.3 is 24.4 Å². The lowest BCUT2D eigenvalue weighted by Gasteiger charge is -2.28. The number of esters is 1. The summed E-state index contributed by atoms with van der Waals surface area (Å²) in [5.74, 6) is -1.44. The Kier molecular flexibility index (Phi) is 6.80. The van der Waals surface area contributed by atoms with E-state index in [2.05, 4.69) is 10.2 Å². The monoisotopic (exact) mass is 388 g/mol. The van der Waals surface area contributed by atoms with Gasteiger partial charge in [0.15, 0.2) is 13.2 Å². The number of carbonyl (C=O) groups excluding carboxylic acids is 2. The Morgan fingerprint density at radius 3 is 2.54 bits per heavy atom. The van der Waals surface area contributed by atoms with Gasteiger partial charge >= 0.3 is 5.97 Å². The predicted octanol–water partition coefficient (Wildman–Crippen LogP) is 2.22. The Labute approximate surface area is 162 Å². The molecule has 2 aromatic rings. The molecule has 0 atom stereocenters. The lowest BCUT2D eigenvalue weighted by atomic mass is 10.2. The van der Waals surface area contributed by atoms with Gasteiger partial charge in [-0.05, 0) is 36.4 Å². The van der Waals surface area contributed by atoms with Crippen LogP contribution in [0.5, 0.6) is 5.75 Å². The summed E-state index contributed by atoms with van der Waals surface area (Å²) in [4.78, 5) is 25.8. The summed E-state index contributed by atoms with van der Waals surface area (Å²) in [6, 6.07) is 12.8. The molecule has 28 heavy (non-hydrogen) atoms. The molecule has 0 spiro atoms. The second-order valence-electron chi connectivity index (χ2n) is 6.10. The van der Waals surface area contributed by atoms with Crippen molar-refractivity contribution in [3.8, 4) is 5.75 Å². The summed E-state index contributed by atoms with van der Waals surface area (Å²) in [6.45, 7) is 2.22. The van der Waals surface area contributed by atoms with Gasteiger partial charge in [-0.15, -0.1) is 0 Å². The Bertz CT molecular complexity index is 806. The lowest BCUT2D eigenvalue weighted by Crippen LogP contribution is -2.36. The van der Waals surface area contributed by atoms with Gasteiger partial charge in [0, 0.05) is 30.5 Å². The molecule has 1 aliphatic rings. The molecule has 0 saturated carbocycles. The zero-order valence-corrected chi connectivity index (χ0v) is 15.2. The number of rotatable bonds is 7. The summed E-state index contributed by atoms with van der Waals surface area (Å²) < 4.78 is 28.3. The average Bonchev–Trinajstić information content (AvgIpc) is 2.72. The van der Waals surface area contributed by atoms with Crippen molar-refractivity contribution in [1.29, 1.82) is 0 Å². The largest absolute Gasteiger partial charge is 0.482 e. The van der Waals surface area contributed by atoms with Crippen molar-refractivity contribution >= 4 is 23.3 Å². The molecular weight excluding hydrogens is 367 g/mol. The highest BCUT2D eigenvalue weighted by molar-refractivity contribution is 5.93. The first-order valence-electron chi connectivity index (χ1n) is 8.87. The highest BCUT2D eigenvalue weighted by Gasteiger charge is 2.12. The predicted molar refractivity (Wildman–Crippen MR) is 101 cm³/mol. The molecule has 0 aliphatic carbocycles. The van der Waals surface area contributed by atoms with Gasteiger partial charge in [0.2, 0.25) is 0 Å². The molecule has 0 bridgehead atoms. The van der Waals surface area contributed by atoms with Crippen LogP contribution >= 0.6 is 0 Å². The van der Waals surface area contributed by atoms with Crippen LogP contribution in [0.25, 0.3) is 0 Å². The molecule has 1 aliphatic heterocycles. The Hall–Kier alpha value is -3.13. The molecule has 1 saturated heterocycles. The molecule has 1 fully saturated rings. The molecule has 2 aromatic carbocycles. The summed E-state index contributed by atoms with van der Waals surface area (Å²) in [6.07, 6.45) is 0. The molecule has 8 heteroatoms. The van der Waals surface area contributed by atoms with Gasteiger partial charge in [0.25, 0.3) is 5.91 Å². The van der Waals surface area contributed by atoms with Crippen LogP contribution in [0.1, 0.15) is 0 Å².